The predicted octanol–water partition coefficient (Wildman–Crippen LogP) is 2.53. The van der Waals surface area contributed by atoms with E-state index in [4.69, 9.17) is 4.74 Å². The van der Waals surface area contributed by atoms with Crippen LogP contribution >= 0.6 is 0 Å². The molecule has 1 saturated heterocycles. The lowest BCUT2D eigenvalue weighted by Gasteiger charge is -2.22. The second-order valence-corrected chi connectivity index (χ2v) is 4.38. The van der Waals surface area contributed by atoms with Crippen LogP contribution in [0, 0.1) is 19.8 Å². The summed E-state index contributed by atoms with van der Waals surface area (Å²) < 4.78 is 7.69. The summed E-state index contributed by atoms with van der Waals surface area (Å²) in [6, 6.07) is 0. The van der Waals surface area contributed by atoms with Crippen molar-refractivity contribution in [2.45, 2.75) is 33.2 Å². The Hall–Kier alpha value is -0.760. The first kappa shape index (κ1) is 9.78. The molecule has 1 fully saturated rings. The van der Waals surface area contributed by atoms with Gasteiger partial charge in [0.1, 0.15) is 0 Å². The zero-order valence-electron chi connectivity index (χ0n) is 9.12. The normalized spacial score (nSPS) is 18.7. The number of hydrogen-bond donors (Lipinski definition) is 0. The Morgan fingerprint density at radius 1 is 1.21 bits per heavy atom. The summed E-state index contributed by atoms with van der Waals surface area (Å²) in [5, 5.41) is 0. The van der Waals surface area contributed by atoms with Gasteiger partial charge in [0.05, 0.1) is 0 Å². The van der Waals surface area contributed by atoms with Crippen LogP contribution in [-0.4, -0.2) is 17.8 Å². The van der Waals surface area contributed by atoms with E-state index in [1.165, 1.54) is 24.0 Å². The summed E-state index contributed by atoms with van der Waals surface area (Å²) in [6.45, 7) is 7.41. The molecule has 0 radical (unpaired) electrons. The third kappa shape index (κ3) is 2.18. The highest BCUT2D eigenvalue weighted by molar-refractivity contribution is 5.20. The molecule has 1 aliphatic heterocycles. The van der Waals surface area contributed by atoms with Gasteiger partial charge in [0, 0.05) is 32.2 Å². The van der Waals surface area contributed by atoms with E-state index < -0.39 is 0 Å². The molecule has 2 nitrogen and oxygen atoms in total. The zero-order valence-corrected chi connectivity index (χ0v) is 9.12. The minimum absolute atomic E-state index is 0.815. The first-order chi connectivity index (χ1) is 6.75. The van der Waals surface area contributed by atoms with E-state index in [0.717, 1.165) is 25.7 Å². The fraction of sp³-hybridized carbons (Fsp3) is 0.667. The van der Waals surface area contributed by atoms with Crippen LogP contribution in [0.2, 0.25) is 0 Å². The third-order valence-corrected chi connectivity index (χ3v) is 3.15. The second-order valence-electron chi connectivity index (χ2n) is 4.38. The lowest BCUT2D eigenvalue weighted by Crippen LogP contribution is -2.19. The van der Waals surface area contributed by atoms with Crippen LogP contribution in [-0.2, 0) is 11.3 Å². The van der Waals surface area contributed by atoms with Gasteiger partial charge >= 0.3 is 0 Å². The van der Waals surface area contributed by atoms with E-state index in [1.54, 1.807) is 0 Å². The van der Waals surface area contributed by atoms with Gasteiger partial charge in [-0.05, 0) is 43.7 Å². The highest BCUT2D eigenvalue weighted by Gasteiger charge is 2.14. The van der Waals surface area contributed by atoms with Gasteiger partial charge in [-0.3, -0.25) is 0 Å². The number of rotatable bonds is 2. The Bertz CT molecular complexity index is 278. The van der Waals surface area contributed by atoms with Gasteiger partial charge in [-0.25, -0.2) is 0 Å². The number of nitrogens with zero attached hydrogens (tertiary/aromatic N) is 1. The van der Waals surface area contributed by atoms with Crippen LogP contribution < -0.4 is 0 Å². The van der Waals surface area contributed by atoms with Crippen molar-refractivity contribution < 1.29 is 4.74 Å². The number of ether oxygens (including phenoxy) is 1. The van der Waals surface area contributed by atoms with E-state index in [9.17, 15) is 0 Å². The van der Waals surface area contributed by atoms with Crippen molar-refractivity contribution in [1.82, 2.24) is 4.57 Å². The minimum atomic E-state index is 0.815. The summed E-state index contributed by atoms with van der Waals surface area (Å²) in [6.07, 6.45) is 6.95. The molecule has 1 aromatic rings. The van der Waals surface area contributed by atoms with Gasteiger partial charge in [-0.15, -0.1) is 0 Å². The van der Waals surface area contributed by atoms with Gasteiger partial charge in [-0.1, -0.05) is 0 Å². The van der Waals surface area contributed by atoms with Crippen LogP contribution in [0.4, 0.5) is 0 Å². The molecule has 0 aliphatic carbocycles. The van der Waals surface area contributed by atoms with Crippen molar-refractivity contribution in [2.75, 3.05) is 13.2 Å². The summed E-state index contributed by atoms with van der Waals surface area (Å²) >= 11 is 0. The van der Waals surface area contributed by atoms with Crippen LogP contribution in [0.25, 0.3) is 0 Å². The second kappa shape index (κ2) is 4.18. The zero-order chi connectivity index (χ0) is 9.97. The lowest BCUT2D eigenvalue weighted by atomic mass is 10.0. The van der Waals surface area contributed by atoms with Gasteiger partial charge in [-0.2, -0.15) is 0 Å². The average Bonchev–Trinajstić information content (AvgIpc) is 2.47. The Balaban J connectivity index is 1.95. The van der Waals surface area contributed by atoms with Crippen molar-refractivity contribution in [2.24, 2.45) is 5.92 Å². The smallest absolute Gasteiger partial charge is 0.0469 e. The molecular formula is C12H19NO. The molecule has 2 rings (SSSR count). The first-order valence-electron chi connectivity index (χ1n) is 5.46. The van der Waals surface area contributed by atoms with Crippen molar-refractivity contribution >= 4 is 0 Å². The van der Waals surface area contributed by atoms with Gasteiger partial charge in [0.15, 0.2) is 0 Å². The molecular weight excluding hydrogens is 174 g/mol. The monoisotopic (exact) mass is 193 g/mol. The lowest BCUT2D eigenvalue weighted by molar-refractivity contribution is 0.0613. The highest BCUT2D eigenvalue weighted by atomic mass is 16.5. The van der Waals surface area contributed by atoms with Gasteiger partial charge in [0.25, 0.3) is 0 Å². The van der Waals surface area contributed by atoms with E-state index in [2.05, 4.69) is 30.8 Å². The third-order valence-electron chi connectivity index (χ3n) is 3.15. The van der Waals surface area contributed by atoms with Crippen molar-refractivity contribution in [1.29, 1.82) is 0 Å². The topological polar surface area (TPSA) is 14.2 Å². The van der Waals surface area contributed by atoms with E-state index in [1.807, 2.05) is 0 Å². The molecule has 14 heavy (non-hydrogen) atoms. The molecule has 0 atom stereocenters. The first-order valence-corrected chi connectivity index (χ1v) is 5.46. The van der Waals surface area contributed by atoms with Crippen LogP contribution in [0.5, 0.6) is 0 Å². The molecule has 0 amide bonds. The predicted molar refractivity (Wildman–Crippen MR) is 57.4 cm³/mol. The van der Waals surface area contributed by atoms with E-state index in [-0.39, 0.29) is 0 Å². The Kier molecular flexibility index (Phi) is 2.92. The molecule has 2 heteroatoms. The summed E-state index contributed by atoms with van der Waals surface area (Å²) in [5.74, 6) is 0.815. The largest absolute Gasteiger partial charge is 0.381 e. The molecule has 0 N–H and O–H groups in total. The highest BCUT2D eigenvalue weighted by Crippen LogP contribution is 2.18. The summed E-state index contributed by atoms with van der Waals surface area (Å²) in [7, 11) is 0. The molecule has 0 bridgehead atoms. The standard InChI is InChI=1S/C12H19NO/c1-10-7-13(8-11(10)2)9-12-3-5-14-6-4-12/h7-8,12H,3-6,9H2,1-2H3. The molecule has 0 unspecified atom stereocenters. The maximum Gasteiger partial charge on any atom is 0.0469 e. The molecule has 1 aliphatic rings. The number of aryl methyl sites for hydroxylation is 2. The number of aromatic nitrogens is 1. The summed E-state index contributed by atoms with van der Waals surface area (Å²) in [4.78, 5) is 0. The van der Waals surface area contributed by atoms with Crippen molar-refractivity contribution in [3.8, 4) is 0 Å². The molecule has 0 saturated carbocycles. The molecule has 78 valence electrons. The van der Waals surface area contributed by atoms with Crippen LogP contribution in [0.15, 0.2) is 12.4 Å². The Morgan fingerprint density at radius 2 is 1.79 bits per heavy atom. The molecule has 1 aromatic heterocycles. The average molecular weight is 193 g/mol. The van der Waals surface area contributed by atoms with Gasteiger partial charge in [0.2, 0.25) is 0 Å². The molecule has 0 spiro atoms. The van der Waals surface area contributed by atoms with Crippen LogP contribution in [0.1, 0.15) is 24.0 Å². The molecule has 2 heterocycles. The number of hydrogen-bond acceptors (Lipinski definition) is 1. The summed E-state index contributed by atoms with van der Waals surface area (Å²) in [5.41, 5.74) is 2.80. The van der Waals surface area contributed by atoms with E-state index in [0.29, 0.717) is 0 Å². The minimum Gasteiger partial charge on any atom is -0.381 e. The van der Waals surface area contributed by atoms with Crippen molar-refractivity contribution in [3.05, 3.63) is 23.5 Å². The van der Waals surface area contributed by atoms with Crippen molar-refractivity contribution in [3.63, 3.8) is 0 Å². The Labute approximate surface area is 85.9 Å². The fourth-order valence-corrected chi connectivity index (χ4v) is 2.07. The van der Waals surface area contributed by atoms with Crippen LogP contribution in [0.3, 0.4) is 0 Å². The molecule has 0 aromatic carbocycles. The fourth-order valence-electron chi connectivity index (χ4n) is 2.07. The SMILES string of the molecule is Cc1cn(CC2CCOCC2)cc1C. The maximum atomic E-state index is 5.36. The van der Waals surface area contributed by atoms with E-state index >= 15 is 0 Å². The maximum absolute atomic E-state index is 5.36. The van der Waals surface area contributed by atoms with Gasteiger partial charge < -0.3 is 9.30 Å². The Morgan fingerprint density at radius 3 is 2.36 bits per heavy atom. The quantitative estimate of drug-likeness (QED) is 0.704.